The number of nitriles is 1. The fraction of sp³-hybridized carbons (Fsp3) is 0. The van der Waals surface area contributed by atoms with E-state index in [4.69, 9.17) is 5.26 Å². The van der Waals surface area contributed by atoms with E-state index in [-0.39, 0.29) is 18.2 Å². The van der Waals surface area contributed by atoms with Gasteiger partial charge in [-0.15, -0.1) is 0 Å². The largest absolute Gasteiger partial charge is 1.00 e. The smallest absolute Gasteiger partial charge is 0.696 e. The first kappa shape index (κ1) is 8.88. The summed E-state index contributed by atoms with van der Waals surface area (Å²) in [5.74, 6) is 0. The molecule has 0 aliphatic rings. The summed E-state index contributed by atoms with van der Waals surface area (Å²) >= 11 is 3.70. The minimum absolute atomic E-state index is 0. The Morgan fingerprint density at radius 3 is 2.00 bits per heavy atom. The van der Waals surface area contributed by atoms with Crippen LogP contribution in [0.2, 0.25) is 0 Å². The fourth-order valence-corrected chi connectivity index (χ4v) is 0. The van der Waals surface area contributed by atoms with Crippen LogP contribution in [-0.2, 0) is 29.4 Å². The maximum absolute atomic E-state index is 7.13. The Labute approximate surface area is 42.1 Å². The van der Waals surface area contributed by atoms with Gasteiger partial charge in [0.2, 0.25) is 0 Å². The third-order valence-electron chi connectivity index (χ3n) is 0. The minimum atomic E-state index is 0. The first-order valence-corrected chi connectivity index (χ1v) is 0.836. The van der Waals surface area contributed by atoms with Gasteiger partial charge < -0.3 is 12.6 Å². The van der Waals surface area contributed by atoms with Gasteiger partial charge in [-0.1, -0.05) is 5.40 Å². The van der Waals surface area contributed by atoms with Gasteiger partial charge in [-0.25, -0.2) is 5.26 Å². The second kappa shape index (κ2) is 10.7. The van der Waals surface area contributed by atoms with E-state index in [0.717, 1.165) is 0 Å². The average molecular weight is 118 g/mol. The molecule has 1 radical (unpaired) electrons. The normalized spacial score (nSPS) is 1.75. The zero-order valence-electron chi connectivity index (χ0n) is 2.69. The minimum Gasteiger partial charge on any atom is -0.696 e. The van der Waals surface area contributed by atoms with Crippen LogP contribution in [-0.4, -0.2) is 0 Å². The van der Waals surface area contributed by atoms with E-state index < -0.39 is 0 Å². The molecule has 0 aromatic heterocycles. The zero-order valence-corrected chi connectivity index (χ0v) is 3.55. The van der Waals surface area contributed by atoms with Gasteiger partial charge in [-0.05, 0) is 0 Å². The molecule has 0 aliphatic heterocycles. The van der Waals surface area contributed by atoms with E-state index in [0.29, 0.717) is 0 Å². The maximum Gasteiger partial charge on any atom is 1.00 e. The van der Waals surface area contributed by atoms with Crippen molar-refractivity contribution in [3.05, 3.63) is 0 Å². The third-order valence-corrected chi connectivity index (χ3v) is 0. The van der Waals surface area contributed by atoms with Crippen molar-refractivity contribution in [2.24, 2.45) is 0 Å². The Balaban J connectivity index is -0.0000000200. The van der Waals surface area contributed by atoms with Crippen molar-refractivity contribution in [1.29, 1.82) is 5.26 Å². The molecule has 0 amide bonds. The van der Waals surface area contributed by atoms with Crippen LogP contribution in [0.15, 0.2) is 0 Å². The first-order chi connectivity index (χ1) is 1.41. The van der Waals surface area contributed by atoms with Crippen molar-refractivity contribution in [2.45, 2.75) is 0 Å². The van der Waals surface area contributed by atoms with Crippen LogP contribution < -0.4 is 0 Å². The molecule has 1 nitrogen and oxygen atoms in total. The van der Waals surface area contributed by atoms with Crippen molar-refractivity contribution >= 4 is 12.6 Å². The Bertz CT molecular complexity index is 33.1. The van der Waals surface area contributed by atoms with E-state index in [1.807, 2.05) is 0 Å². The summed E-state index contributed by atoms with van der Waals surface area (Å²) < 4.78 is 0. The molecule has 0 saturated carbocycles. The molecule has 0 saturated heterocycles. The Hall–Kier alpha value is 0.216. The third kappa shape index (κ3) is 70.0. The molecule has 0 aromatic carbocycles. The van der Waals surface area contributed by atoms with Crippen LogP contribution in [0.5, 0.6) is 0 Å². The summed E-state index contributed by atoms with van der Waals surface area (Å²) in [6, 6.07) is 0. The van der Waals surface area contributed by atoms with Gasteiger partial charge in [0.1, 0.15) is 0 Å². The van der Waals surface area contributed by atoms with E-state index in [1.165, 1.54) is 5.40 Å². The van der Waals surface area contributed by atoms with Crippen molar-refractivity contribution in [3.63, 3.8) is 0 Å². The molecular formula is CHCoNS. The molecule has 3 heteroatoms. The Kier molecular flexibility index (Phi) is 23.7. The van der Waals surface area contributed by atoms with Gasteiger partial charge in [-0.2, -0.15) is 0 Å². The molecule has 0 spiro atoms. The molecule has 0 aromatic rings. The van der Waals surface area contributed by atoms with Crippen molar-refractivity contribution in [1.82, 2.24) is 0 Å². The second-order valence-corrected chi connectivity index (χ2v) is 0.274. The summed E-state index contributed by atoms with van der Waals surface area (Å²) in [6.45, 7) is 0. The first-order valence-electron chi connectivity index (χ1n) is 0.428. The van der Waals surface area contributed by atoms with Crippen LogP contribution in [0.4, 0.5) is 0 Å². The average Bonchev–Trinajstić information content (AvgIpc) is 0.918. The Morgan fingerprint density at radius 2 is 2.00 bits per heavy atom. The van der Waals surface area contributed by atoms with E-state index in [2.05, 4.69) is 12.6 Å². The molecule has 0 fully saturated rings. The Morgan fingerprint density at radius 1 is 2.00 bits per heavy atom. The summed E-state index contributed by atoms with van der Waals surface area (Å²) in [5, 5.41) is 8.47. The van der Waals surface area contributed by atoms with Crippen molar-refractivity contribution in [2.75, 3.05) is 0 Å². The summed E-state index contributed by atoms with van der Waals surface area (Å²) in [5.41, 5.74) is 0. The number of nitrogens with zero attached hydrogens (tertiary/aromatic N) is 1. The van der Waals surface area contributed by atoms with Crippen molar-refractivity contribution in [3.8, 4) is 5.40 Å². The van der Waals surface area contributed by atoms with Gasteiger partial charge >= 0.3 is 1.43 Å². The van der Waals surface area contributed by atoms with Gasteiger partial charge in [-0.3, -0.25) is 0 Å². The van der Waals surface area contributed by atoms with E-state index in [9.17, 15) is 0 Å². The molecule has 0 atom stereocenters. The van der Waals surface area contributed by atoms with Gasteiger partial charge in [0.15, 0.2) is 0 Å². The van der Waals surface area contributed by atoms with E-state index >= 15 is 0 Å². The number of thiocyanates is 1. The quantitative estimate of drug-likeness (QED) is 0.333. The van der Waals surface area contributed by atoms with Crippen LogP contribution in [0, 0.1) is 10.7 Å². The predicted molar refractivity (Wildman–Crippen MR) is 14.1 cm³/mol. The van der Waals surface area contributed by atoms with Crippen molar-refractivity contribution < 1.29 is 18.2 Å². The predicted octanol–water partition coefficient (Wildman–Crippen LogP) is 0.124. The molecule has 4 heavy (non-hydrogen) atoms. The zero-order chi connectivity index (χ0) is 2.71. The molecule has 0 bridgehead atoms. The number of hydrogen-bond donors (Lipinski definition) is 0. The van der Waals surface area contributed by atoms with Crippen LogP contribution in [0.1, 0.15) is 1.43 Å². The standard InChI is InChI=1S/CHNS.Co/c2-1-3;/h3H;. The number of hydrogen-bond acceptors (Lipinski definition) is 2. The van der Waals surface area contributed by atoms with Crippen LogP contribution >= 0.6 is 0 Å². The topological polar surface area (TPSA) is 23.8 Å². The molecule has 0 heterocycles. The summed E-state index contributed by atoms with van der Waals surface area (Å²) in [7, 11) is 0. The molecule has 0 rings (SSSR count). The SMILES string of the molecule is N#C[S-].[Co].[H+]. The fourth-order valence-electron chi connectivity index (χ4n) is 0. The summed E-state index contributed by atoms with van der Waals surface area (Å²) in [4.78, 5) is 0. The maximum atomic E-state index is 7.13. The molecule has 0 N–H and O–H groups in total. The van der Waals surface area contributed by atoms with Gasteiger partial charge in [0.05, 0.1) is 0 Å². The monoisotopic (exact) mass is 118 g/mol. The second-order valence-electron chi connectivity index (χ2n) is 0.0913. The van der Waals surface area contributed by atoms with Gasteiger partial charge in [0, 0.05) is 16.8 Å². The van der Waals surface area contributed by atoms with E-state index in [1.54, 1.807) is 0 Å². The van der Waals surface area contributed by atoms with Gasteiger partial charge in [0.25, 0.3) is 0 Å². The number of rotatable bonds is 0. The molecular weight excluding hydrogens is 117 g/mol. The van der Waals surface area contributed by atoms with Crippen LogP contribution in [0.25, 0.3) is 0 Å². The molecule has 0 unspecified atom stereocenters. The van der Waals surface area contributed by atoms with Crippen LogP contribution in [0.3, 0.4) is 0 Å². The molecule has 0 aliphatic carbocycles. The summed E-state index contributed by atoms with van der Waals surface area (Å²) in [6.07, 6.45) is 0. The molecule has 25 valence electrons.